The van der Waals surface area contributed by atoms with Crippen LogP contribution in [0.5, 0.6) is 0 Å². The molecule has 0 amide bonds. The quantitative estimate of drug-likeness (QED) is 0.681. The largest absolute Gasteiger partial charge is 0.298 e. The van der Waals surface area contributed by atoms with Gasteiger partial charge in [-0.2, -0.15) is 0 Å². The molecule has 20 heavy (non-hydrogen) atoms. The van der Waals surface area contributed by atoms with Gasteiger partial charge in [-0.3, -0.25) is 9.69 Å². The van der Waals surface area contributed by atoms with Crippen LogP contribution in [0, 0.1) is 10.8 Å². The molecule has 2 nitrogen and oxygen atoms in total. The number of hydrogen-bond donors (Lipinski definition) is 0. The zero-order chi connectivity index (χ0) is 16.0. The first-order valence-corrected chi connectivity index (χ1v) is 8.75. The molecule has 0 bridgehead atoms. The minimum Gasteiger partial charge on any atom is -0.298 e. The molecule has 0 aromatic rings. The van der Waals surface area contributed by atoms with Crippen molar-refractivity contribution in [1.29, 1.82) is 0 Å². The summed E-state index contributed by atoms with van der Waals surface area (Å²) in [5, 5.41) is 0. The van der Waals surface area contributed by atoms with Gasteiger partial charge in [-0.1, -0.05) is 41.5 Å². The van der Waals surface area contributed by atoms with Crippen molar-refractivity contribution in [2.24, 2.45) is 10.8 Å². The molecule has 0 radical (unpaired) electrons. The lowest BCUT2D eigenvalue weighted by atomic mass is 9.58. The first-order valence-electron chi connectivity index (χ1n) is 8.75. The fourth-order valence-electron chi connectivity index (χ4n) is 4.05. The lowest BCUT2D eigenvalue weighted by molar-refractivity contribution is -0.120. The Hall–Kier alpha value is -0.370. The molecule has 2 aliphatic carbocycles. The molecule has 0 aromatic carbocycles. The lowest BCUT2D eigenvalue weighted by Gasteiger charge is -2.46. The summed E-state index contributed by atoms with van der Waals surface area (Å²) in [6, 6.07) is 0.228. The van der Waals surface area contributed by atoms with Crippen LogP contribution in [-0.2, 0) is 4.79 Å². The number of likely N-dealkylation sites (N-methyl/N-ethyl adjacent to an activating group) is 1. The first-order chi connectivity index (χ1) is 9.54. The highest BCUT2D eigenvalue weighted by Gasteiger charge is 2.63. The number of nitrogens with zero attached hydrogens (tertiary/aromatic N) is 1. The maximum Gasteiger partial charge on any atom is 0.146 e. The number of carbonyl (C=O) groups excluding carboxylic acids is 1. The van der Waals surface area contributed by atoms with E-state index in [2.05, 4.69) is 11.9 Å². The van der Waals surface area contributed by atoms with Gasteiger partial charge in [0.1, 0.15) is 5.78 Å². The monoisotopic (exact) mass is 283 g/mol. The molecule has 0 aromatic heterocycles. The number of Topliss-reactive ketones (excluding diaryl/α,β-unsaturated/α-hetero) is 1. The van der Waals surface area contributed by atoms with E-state index in [1.165, 1.54) is 32.2 Å². The highest BCUT2D eigenvalue weighted by Crippen LogP contribution is 2.71. The van der Waals surface area contributed by atoms with Crippen LogP contribution in [0.1, 0.15) is 80.6 Å². The van der Waals surface area contributed by atoms with Crippen LogP contribution in [0.4, 0.5) is 0 Å². The zero-order valence-electron chi connectivity index (χ0n) is 15.2. The summed E-state index contributed by atoms with van der Waals surface area (Å²) in [6.07, 6.45) is 6.88. The predicted molar refractivity (Wildman–Crippen MR) is 89.1 cm³/mol. The minimum atomic E-state index is 0.228. The molecule has 2 spiro atoms. The van der Waals surface area contributed by atoms with Crippen molar-refractivity contribution < 1.29 is 4.79 Å². The van der Waals surface area contributed by atoms with Gasteiger partial charge in [0.15, 0.2) is 0 Å². The van der Waals surface area contributed by atoms with Crippen molar-refractivity contribution in [3.8, 4) is 0 Å². The predicted octanol–water partition coefficient (Wildman–Crippen LogP) is 4.92. The van der Waals surface area contributed by atoms with Crippen LogP contribution in [-0.4, -0.2) is 30.3 Å². The van der Waals surface area contributed by atoms with E-state index in [1.54, 1.807) is 6.92 Å². The van der Waals surface area contributed by atoms with E-state index < -0.39 is 0 Å². The Morgan fingerprint density at radius 3 is 1.70 bits per heavy atom. The van der Waals surface area contributed by atoms with Crippen molar-refractivity contribution in [2.45, 2.75) is 86.6 Å². The van der Waals surface area contributed by atoms with Crippen LogP contribution >= 0.6 is 0 Å². The van der Waals surface area contributed by atoms with E-state index in [1.807, 2.05) is 41.5 Å². The summed E-state index contributed by atoms with van der Waals surface area (Å²) >= 11 is 0. The Morgan fingerprint density at radius 2 is 1.40 bits per heavy atom. The third kappa shape index (κ3) is 4.07. The van der Waals surface area contributed by atoms with Gasteiger partial charge in [-0.05, 0) is 56.9 Å². The van der Waals surface area contributed by atoms with Crippen LogP contribution in [0.2, 0.25) is 0 Å². The van der Waals surface area contributed by atoms with Crippen molar-refractivity contribution in [3.05, 3.63) is 0 Å². The number of rotatable bonds is 1. The molecule has 3 fully saturated rings. The molecule has 1 aliphatic heterocycles. The fraction of sp³-hybridized carbons (Fsp3) is 0.944. The number of ketones is 1. The Balaban J connectivity index is 0.000000538. The molecule has 1 atom stereocenters. The molecule has 0 N–H and O–H groups in total. The zero-order valence-corrected chi connectivity index (χ0v) is 15.2. The van der Waals surface area contributed by atoms with E-state index in [4.69, 9.17) is 0 Å². The maximum absolute atomic E-state index is 11.4. The Kier molecular flexibility index (Phi) is 8.01. The Labute approximate surface area is 127 Å². The molecule has 1 heterocycles. The highest BCUT2D eigenvalue weighted by molar-refractivity contribution is 5.81. The molecule has 3 aliphatic rings. The molecular formula is C18H37NO. The van der Waals surface area contributed by atoms with Crippen molar-refractivity contribution >= 4 is 5.78 Å². The molecule has 120 valence electrons. The second-order valence-corrected chi connectivity index (χ2v) is 6.10. The minimum absolute atomic E-state index is 0.228. The summed E-state index contributed by atoms with van der Waals surface area (Å²) in [7, 11) is 2.11. The number of likely N-dealkylation sites (tertiary alicyclic amines) is 1. The lowest BCUT2D eigenvalue weighted by Crippen LogP contribution is -2.40. The average Bonchev–Trinajstić information content (AvgIpc) is 3.13. The molecule has 2 saturated carbocycles. The van der Waals surface area contributed by atoms with Crippen molar-refractivity contribution in [1.82, 2.24) is 4.90 Å². The van der Waals surface area contributed by atoms with E-state index in [9.17, 15) is 4.79 Å². The topological polar surface area (TPSA) is 20.3 Å². The van der Waals surface area contributed by atoms with Crippen LogP contribution in [0.25, 0.3) is 0 Å². The van der Waals surface area contributed by atoms with E-state index >= 15 is 0 Å². The molecule has 2 heteroatoms. The van der Waals surface area contributed by atoms with Gasteiger partial charge < -0.3 is 0 Å². The third-order valence-electron chi connectivity index (χ3n) is 4.67. The van der Waals surface area contributed by atoms with Crippen LogP contribution in [0.3, 0.4) is 0 Å². The molecule has 1 unspecified atom stereocenters. The van der Waals surface area contributed by atoms with Gasteiger partial charge in [0, 0.05) is 6.54 Å². The normalized spacial score (nSPS) is 27.1. The third-order valence-corrected chi connectivity index (χ3v) is 4.67. The average molecular weight is 284 g/mol. The van der Waals surface area contributed by atoms with E-state index in [0.29, 0.717) is 11.2 Å². The second kappa shape index (κ2) is 8.17. The maximum atomic E-state index is 11.4. The summed E-state index contributed by atoms with van der Waals surface area (Å²) in [6.45, 7) is 14.9. The van der Waals surface area contributed by atoms with Gasteiger partial charge in [0.2, 0.25) is 0 Å². The van der Waals surface area contributed by atoms with E-state index in [-0.39, 0.29) is 6.04 Å². The van der Waals surface area contributed by atoms with Gasteiger partial charge in [-0.15, -0.1) is 0 Å². The first kappa shape index (κ1) is 19.6. The van der Waals surface area contributed by atoms with Crippen molar-refractivity contribution in [2.75, 3.05) is 13.6 Å². The summed E-state index contributed by atoms with van der Waals surface area (Å²) < 4.78 is 0. The summed E-state index contributed by atoms with van der Waals surface area (Å²) in [4.78, 5) is 13.7. The van der Waals surface area contributed by atoms with Crippen LogP contribution in [0.15, 0.2) is 0 Å². The van der Waals surface area contributed by atoms with Gasteiger partial charge in [-0.25, -0.2) is 0 Å². The smallest absolute Gasteiger partial charge is 0.146 e. The van der Waals surface area contributed by atoms with Crippen molar-refractivity contribution in [3.63, 3.8) is 0 Å². The fourth-order valence-corrected chi connectivity index (χ4v) is 4.05. The number of carbonyl (C=O) groups is 1. The van der Waals surface area contributed by atoms with E-state index in [0.717, 1.165) is 11.8 Å². The Morgan fingerprint density at radius 1 is 0.950 bits per heavy atom. The summed E-state index contributed by atoms with van der Waals surface area (Å²) in [5.41, 5.74) is 1.31. The SMILES string of the molecule is CC.CC.CC.CC(=O)C1CC2(CN1C)CC1(CC1)C2. The van der Waals surface area contributed by atoms with Gasteiger partial charge in [0.05, 0.1) is 6.04 Å². The summed E-state index contributed by atoms with van der Waals surface area (Å²) in [5.74, 6) is 0.362. The van der Waals surface area contributed by atoms with Crippen LogP contribution < -0.4 is 0 Å². The van der Waals surface area contributed by atoms with Gasteiger partial charge >= 0.3 is 0 Å². The number of hydrogen-bond acceptors (Lipinski definition) is 2. The van der Waals surface area contributed by atoms with Gasteiger partial charge in [0.25, 0.3) is 0 Å². The Bertz CT molecular complexity index is 286. The second-order valence-electron chi connectivity index (χ2n) is 6.10. The molecule has 3 rings (SSSR count). The molecular weight excluding hydrogens is 246 g/mol. The highest BCUT2D eigenvalue weighted by atomic mass is 16.1. The molecule has 1 saturated heterocycles. The standard InChI is InChI=1S/C12H19NO.3C2H6/c1-9(14)10-5-12(8-13(10)2)6-11(7-12)3-4-11;3*1-2/h10H,3-8H2,1-2H3;3*1-2H3.